The summed E-state index contributed by atoms with van der Waals surface area (Å²) >= 11 is 13.5. The lowest BCUT2D eigenvalue weighted by Gasteiger charge is -2.09. The van der Waals surface area contributed by atoms with Crippen molar-refractivity contribution in [1.29, 1.82) is 0 Å². The third-order valence-electron chi connectivity index (χ3n) is 2.56. The molecule has 0 aliphatic heterocycles. The van der Waals surface area contributed by atoms with Crippen LogP contribution in [0.4, 0.5) is 0 Å². The molecule has 15 heavy (non-hydrogen) atoms. The SMILES string of the molecule is NC(CSc1ccc(Cl)c(Cl)c1)C1CC1. The van der Waals surface area contributed by atoms with Gasteiger partial charge in [-0.3, -0.25) is 0 Å². The second-order valence-electron chi connectivity index (χ2n) is 3.89. The molecule has 1 aliphatic rings. The van der Waals surface area contributed by atoms with Crippen LogP contribution in [0, 0.1) is 5.92 Å². The summed E-state index contributed by atoms with van der Waals surface area (Å²) < 4.78 is 0. The minimum Gasteiger partial charge on any atom is -0.327 e. The average molecular weight is 262 g/mol. The molecule has 2 N–H and O–H groups in total. The molecule has 0 saturated heterocycles. The summed E-state index contributed by atoms with van der Waals surface area (Å²) in [5.74, 6) is 1.71. The highest BCUT2D eigenvalue weighted by Gasteiger charge is 2.28. The summed E-state index contributed by atoms with van der Waals surface area (Å²) in [4.78, 5) is 1.14. The lowest BCUT2D eigenvalue weighted by atomic mass is 10.2. The molecular formula is C11H13Cl2NS. The van der Waals surface area contributed by atoms with Crippen LogP contribution in [0.15, 0.2) is 23.1 Å². The van der Waals surface area contributed by atoms with Crippen LogP contribution in [0.2, 0.25) is 10.0 Å². The number of hydrogen-bond donors (Lipinski definition) is 1. The molecule has 0 spiro atoms. The Kier molecular flexibility index (Phi) is 3.83. The Morgan fingerprint density at radius 1 is 1.33 bits per heavy atom. The van der Waals surface area contributed by atoms with E-state index >= 15 is 0 Å². The van der Waals surface area contributed by atoms with Gasteiger partial charge in [0, 0.05) is 16.7 Å². The molecule has 0 heterocycles. The maximum absolute atomic E-state index is 6.01. The van der Waals surface area contributed by atoms with Crippen LogP contribution in [-0.2, 0) is 0 Å². The van der Waals surface area contributed by atoms with Gasteiger partial charge in [-0.15, -0.1) is 11.8 Å². The zero-order valence-corrected chi connectivity index (χ0v) is 10.6. The van der Waals surface area contributed by atoms with Gasteiger partial charge in [0.05, 0.1) is 10.0 Å². The van der Waals surface area contributed by atoms with E-state index in [-0.39, 0.29) is 0 Å². The summed E-state index contributed by atoms with van der Waals surface area (Å²) in [6.45, 7) is 0. The van der Waals surface area contributed by atoms with Crippen molar-refractivity contribution >= 4 is 35.0 Å². The molecule has 1 saturated carbocycles. The lowest BCUT2D eigenvalue weighted by molar-refractivity contribution is 0.659. The number of thioether (sulfide) groups is 1. The maximum Gasteiger partial charge on any atom is 0.0603 e. The van der Waals surface area contributed by atoms with Crippen LogP contribution in [-0.4, -0.2) is 11.8 Å². The first kappa shape index (κ1) is 11.6. The molecule has 0 aromatic heterocycles. The zero-order chi connectivity index (χ0) is 10.8. The molecule has 1 atom stereocenters. The fourth-order valence-corrected chi connectivity index (χ4v) is 2.80. The smallest absolute Gasteiger partial charge is 0.0603 e. The molecule has 0 bridgehead atoms. The van der Waals surface area contributed by atoms with E-state index < -0.39 is 0 Å². The van der Waals surface area contributed by atoms with E-state index in [1.807, 2.05) is 18.2 Å². The molecule has 1 fully saturated rings. The van der Waals surface area contributed by atoms with Gasteiger partial charge in [-0.1, -0.05) is 23.2 Å². The van der Waals surface area contributed by atoms with Gasteiger partial charge in [0.1, 0.15) is 0 Å². The quantitative estimate of drug-likeness (QED) is 0.835. The lowest BCUT2D eigenvalue weighted by Crippen LogP contribution is -2.24. The normalized spacial score (nSPS) is 17.8. The average Bonchev–Trinajstić information content (AvgIpc) is 3.03. The molecule has 0 amide bonds. The van der Waals surface area contributed by atoms with Crippen molar-refractivity contribution in [2.45, 2.75) is 23.8 Å². The van der Waals surface area contributed by atoms with Gasteiger partial charge in [0.2, 0.25) is 0 Å². The van der Waals surface area contributed by atoms with Crippen molar-refractivity contribution in [2.24, 2.45) is 11.7 Å². The van der Waals surface area contributed by atoms with Crippen molar-refractivity contribution in [2.75, 3.05) is 5.75 Å². The molecule has 0 radical (unpaired) electrons. The van der Waals surface area contributed by atoms with E-state index in [0.29, 0.717) is 16.1 Å². The molecular weight excluding hydrogens is 249 g/mol. The molecule has 1 aromatic carbocycles. The Morgan fingerprint density at radius 3 is 2.67 bits per heavy atom. The fraction of sp³-hybridized carbons (Fsp3) is 0.455. The van der Waals surface area contributed by atoms with Crippen LogP contribution in [0.5, 0.6) is 0 Å². The van der Waals surface area contributed by atoms with Crippen LogP contribution >= 0.6 is 35.0 Å². The van der Waals surface area contributed by atoms with Gasteiger partial charge in [-0.25, -0.2) is 0 Å². The largest absolute Gasteiger partial charge is 0.327 e. The highest BCUT2D eigenvalue weighted by molar-refractivity contribution is 7.99. The summed E-state index contributed by atoms with van der Waals surface area (Å²) in [5, 5.41) is 1.22. The predicted molar refractivity (Wildman–Crippen MR) is 67.9 cm³/mol. The third-order valence-corrected chi connectivity index (χ3v) is 4.44. The minimum atomic E-state index is 0.324. The van der Waals surface area contributed by atoms with Crippen LogP contribution in [0.1, 0.15) is 12.8 Å². The second-order valence-corrected chi connectivity index (χ2v) is 5.80. The molecule has 2 rings (SSSR count). The van der Waals surface area contributed by atoms with E-state index in [9.17, 15) is 0 Å². The van der Waals surface area contributed by atoms with Crippen molar-refractivity contribution < 1.29 is 0 Å². The molecule has 4 heteroatoms. The number of rotatable bonds is 4. The standard InChI is InChI=1S/C11H13Cl2NS/c12-9-4-3-8(5-10(9)13)15-6-11(14)7-1-2-7/h3-5,7,11H,1-2,6,14H2. The van der Waals surface area contributed by atoms with Gasteiger partial charge in [0.15, 0.2) is 0 Å². The minimum absolute atomic E-state index is 0.324. The Bertz CT molecular complexity index is 352. The van der Waals surface area contributed by atoms with Gasteiger partial charge in [-0.2, -0.15) is 0 Å². The van der Waals surface area contributed by atoms with Crippen molar-refractivity contribution in [1.82, 2.24) is 0 Å². The number of benzene rings is 1. The van der Waals surface area contributed by atoms with Gasteiger partial charge < -0.3 is 5.73 Å². The number of halogens is 2. The molecule has 1 nitrogen and oxygen atoms in total. The van der Waals surface area contributed by atoms with Gasteiger partial charge in [-0.05, 0) is 37.0 Å². The molecule has 1 aliphatic carbocycles. The van der Waals surface area contributed by atoms with Crippen molar-refractivity contribution in [3.05, 3.63) is 28.2 Å². The van der Waals surface area contributed by atoms with E-state index in [2.05, 4.69) is 0 Å². The molecule has 82 valence electrons. The number of hydrogen-bond acceptors (Lipinski definition) is 2. The van der Waals surface area contributed by atoms with Crippen LogP contribution in [0.3, 0.4) is 0 Å². The third kappa shape index (κ3) is 3.28. The van der Waals surface area contributed by atoms with Crippen LogP contribution < -0.4 is 5.73 Å². The second kappa shape index (κ2) is 4.96. The van der Waals surface area contributed by atoms with Gasteiger partial charge in [0.25, 0.3) is 0 Å². The van der Waals surface area contributed by atoms with Crippen molar-refractivity contribution in [3.63, 3.8) is 0 Å². The first-order chi connectivity index (χ1) is 7.16. The summed E-state index contributed by atoms with van der Waals surface area (Å²) in [6.07, 6.45) is 2.59. The van der Waals surface area contributed by atoms with Crippen LogP contribution in [0.25, 0.3) is 0 Å². The maximum atomic E-state index is 6.01. The summed E-state index contributed by atoms with van der Waals surface area (Å²) in [6, 6.07) is 6.03. The fourth-order valence-electron chi connectivity index (χ4n) is 1.42. The highest BCUT2D eigenvalue weighted by atomic mass is 35.5. The van der Waals surface area contributed by atoms with E-state index in [1.165, 1.54) is 12.8 Å². The van der Waals surface area contributed by atoms with Crippen molar-refractivity contribution in [3.8, 4) is 0 Å². The predicted octanol–water partition coefficient (Wildman–Crippen LogP) is 3.82. The Balaban J connectivity index is 1.89. The van der Waals surface area contributed by atoms with E-state index in [4.69, 9.17) is 28.9 Å². The number of nitrogens with two attached hydrogens (primary N) is 1. The van der Waals surface area contributed by atoms with E-state index in [0.717, 1.165) is 16.6 Å². The first-order valence-corrected chi connectivity index (χ1v) is 6.74. The summed E-state index contributed by atoms with van der Waals surface area (Å²) in [5.41, 5.74) is 6.01. The highest BCUT2D eigenvalue weighted by Crippen LogP contribution is 2.35. The summed E-state index contributed by atoms with van der Waals surface area (Å²) in [7, 11) is 0. The Hall–Kier alpha value is 0.110. The zero-order valence-electron chi connectivity index (χ0n) is 8.25. The monoisotopic (exact) mass is 261 g/mol. The van der Waals surface area contributed by atoms with Gasteiger partial charge >= 0.3 is 0 Å². The Labute approximate surface area is 104 Å². The first-order valence-electron chi connectivity index (χ1n) is 5.00. The molecule has 1 aromatic rings. The topological polar surface area (TPSA) is 26.0 Å². The van der Waals surface area contributed by atoms with E-state index in [1.54, 1.807) is 11.8 Å². The molecule has 1 unspecified atom stereocenters. The Morgan fingerprint density at radius 2 is 2.07 bits per heavy atom.